The highest BCUT2D eigenvalue weighted by molar-refractivity contribution is 5.98. The van der Waals surface area contributed by atoms with Crippen LogP contribution in [0.1, 0.15) is 55.8 Å². The van der Waals surface area contributed by atoms with E-state index < -0.39 is 36.1 Å². The molecule has 2 aromatic carbocycles. The fourth-order valence-electron chi connectivity index (χ4n) is 4.22. The Kier molecular flexibility index (Phi) is 9.50. The van der Waals surface area contributed by atoms with Gasteiger partial charge in [0.1, 0.15) is 18.2 Å². The molecule has 0 aliphatic heterocycles. The first-order valence-corrected chi connectivity index (χ1v) is 13.3. The van der Waals surface area contributed by atoms with Gasteiger partial charge in [-0.15, -0.1) is 0 Å². The summed E-state index contributed by atoms with van der Waals surface area (Å²) in [7, 11) is 1.38. The number of carbonyl (C=O) groups excluding carboxylic acids is 3. The Hall–Kier alpha value is -4.24. The third kappa shape index (κ3) is 7.45. The second-order valence-electron chi connectivity index (χ2n) is 9.81. The Morgan fingerprint density at radius 3 is 2.40 bits per heavy atom. The van der Waals surface area contributed by atoms with Crippen LogP contribution in [-0.2, 0) is 19.1 Å². The number of aromatic nitrogens is 1. The number of hydrogen-bond acceptors (Lipinski definition) is 8. The largest absolute Gasteiger partial charge is 0.493 e. The molecule has 0 spiro atoms. The molecular weight excluding hydrogens is 512 g/mol. The Morgan fingerprint density at radius 2 is 1.73 bits per heavy atom. The summed E-state index contributed by atoms with van der Waals surface area (Å²) in [5, 5.41) is 2.57. The maximum atomic E-state index is 13.1. The molecule has 3 atom stereocenters. The molecule has 0 saturated heterocycles. The van der Waals surface area contributed by atoms with E-state index in [0.29, 0.717) is 12.5 Å². The summed E-state index contributed by atoms with van der Waals surface area (Å²) >= 11 is 0. The number of nitrogens with one attached hydrogen (secondary N) is 1. The quantitative estimate of drug-likeness (QED) is 0.319. The van der Waals surface area contributed by atoms with Crippen LogP contribution in [0.15, 0.2) is 66.9 Å². The first kappa shape index (κ1) is 28.8. The average molecular weight is 547 g/mol. The normalized spacial score (nSPS) is 14.9. The number of nitrogens with zero attached hydrogens (tertiary/aromatic N) is 1. The summed E-state index contributed by atoms with van der Waals surface area (Å²) in [5.41, 5.74) is 2.81. The average Bonchev–Trinajstić information content (AvgIpc) is 3.78. The second-order valence-corrected chi connectivity index (χ2v) is 9.81. The topological polar surface area (TPSA) is 113 Å². The smallest absolute Gasteiger partial charge is 0.328 e. The number of esters is 2. The lowest BCUT2D eigenvalue weighted by atomic mass is 9.98. The molecule has 9 nitrogen and oxygen atoms in total. The Balaban J connectivity index is 1.47. The number of amides is 1. The molecule has 1 aliphatic carbocycles. The van der Waals surface area contributed by atoms with Crippen LogP contribution in [0.25, 0.3) is 11.1 Å². The number of benzene rings is 2. The van der Waals surface area contributed by atoms with E-state index in [1.165, 1.54) is 33.2 Å². The predicted molar refractivity (Wildman–Crippen MR) is 148 cm³/mol. The summed E-state index contributed by atoms with van der Waals surface area (Å²) in [6.07, 6.45) is 2.47. The van der Waals surface area contributed by atoms with Crippen LogP contribution in [0.5, 0.6) is 11.5 Å². The lowest BCUT2D eigenvalue weighted by Crippen LogP contribution is -2.42. The standard InChI is InChI=1S/C31H34N2O7/c1-19(33-30(35)27-29(40-21(3)34)26(37-4)15-16-32-27)31(36)39-20(2)28(38-18-22-13-14-22)25-12-8-11-24(17-25)23-9-6-5-7-10-23/h5-12,15-17,19-20,22,28H,13-14,18H2,1-4H3,(H,33,35)/t19-,20-,28-/m0/s1. The van der Waals surface area contributed by atoms with Crippen molar-refractivity contribution in [1.82, 2.24) is 10.3 Å². The maximum Gasteiger partial charge on any atom is 0.328 e. The third-order valence-corrected chi connectivity index (χ3v) is 6.51. The van der Waals surface area contributed by atoms with Crippen molar-refractivity contribution in [3.8, 4) is 22.6 Å². The molecule has 9 heteroatoms. The molecule has 1 N–H and O–H groups in total. The van der Waals surface area contributed by atoms with Crippen molar-refractivity contribution in [2.45, 2.75) is 51.9 Å². The number of ether oxygens (including phenoxy) is 4. The minimum atomic E-state index is -1.02. The van der Waals surface area contributed by atoms with Gasteiger partial charge in [-0.2, -0.15) is 0 Å². The van der Waals surface area contributed by atoms with Crippen molar-refractivity contribution in [3.05, 3.63) is 78.1 Å². The number of carbonyl (C=O) groups is 3. The van der Waals surface area contributed by atoms with Crippen molar-refractivity contribution in [2.24, 2.45) is 5.92 Å². The minimum Gasteiger partial charge on any atom is -0.493 e. The first-order valence-electron chi connectivity index (χ1n) is 13.3. The van der Waals surface area contributed by atoms with Crippen molar-refractivity contribution >= 4 is 17.8 Å². The van der Waals surface area contributed by atoms with E-state index in [1.54, 1.807) is 6.92 Å². The SMILES string of the molecule is COc1ccnc(C(=O)N[C@@H](C)C(=O)O[C@@H](C)[C@H](OCC2CC2)c2cccc(-c3ccccc3)c2)c1OC(C)=O. The molecule has 3 aromatic rings. The van der Waals surface area contributed by atoms with E-state index in [4.69, 9.17) is 18.9 Å². The molecule has 1 fully saturated rings. The predicted octanol–water partition coefficient (Wildman–Crippen LogP) is 4.90. The lowest BCUT2D eigenvalue weighted by molar-refractivity contribution is -0.158. The molecule has 0 bridgehead atoms. The van der Waals surface area contributed by atoms with Crippen LogP contribution < -0.4 is 14.8 Å². The third-order valence-electron chi connectivity index (χ3n) is 6.51. The van der Waals surface area contributed by atoms with Crippen molar-refractivity contribution < 1.29 is 33.3 Å². The number of methoxy groups -OCH3 is 1. The zero-order valence-electron chi connectivity index (χ0n) is 23.1. The van der Waals surface area contributed by atoms with Crippen molar-refractivity contribution in [2.75, 3.05) is 13.7 Å². The molecule has 1 saturated carbocycles. The van der Waals surface area contributed by atoms with Gasteiger partial charge in [-0.3, -0.25) is 9.59 Å². The van der Waals surface area contributed by atoms with Gasteiger partial charge < -0.3 is 24.3 Å². The van der Waals surface area contributed by atoms with E-state index in [0.717, 1.165) is 29.5 Å². The summed E-state index contributed by atoms with van der Waals surface area (Å²) in [6, 6.07) is 18.5. The molecule has 1 amide bonds. The van der Waals surface area contributed by atoms with Crippen LogP contribution in [0.3, 0.4) is 0 Å². The first-order chi connectivity index (χ1) is 19.3. The van der Waals surface area contributed by atoms with E-state index in [9.17, 15) is 14.4 Å². The fraction of sp³-hybridized carbons (Fsp3) is 0.355. The summed E-state index contributed by atoms with van der Waals surface area (Å²) in [6.45, 7) is 5.07. The van der Waals surface area contributed by atoms with Gasteiger partial charge >= 0.3 is 11.9 Å². The zero-order valence-corrected chi connectivity index (χ0v) is 23.1. The highest BCUT2D eigenvalue weighted by Crippen LogP contribution is 2.34. The van der Waals surface area contributed by atoms with Gasteiger partial charge in [0, 0.05) is 19.2 Å². The molecule has 1 aromatic heterocycles. The number of hydrogen-bond donors (Lipinski definition) is 1. The molecule has 0 unspecified atom stereocenters. The monoisotopic (exact) mass is 546 g/mol. The highest BCUT2D eigenvalue weighted by atomic mass is 16.6. The molecule has 0 radical (unpaired) electrons. The van der Waals surface area contributed by atoms with E-state index >= 15 is 0 Å². The molecule has 1 aliphatic rings. The number of pyridine rings is 1. The van der Waals surface area contributed by atoms with Gasteiger partial charge in [-0.05, 0) is 55.4 Å². The van der Waals surface area contributed by atoms with Gasteiger partial charge in [-0.25, -0.2) is 9.78 Å². The Bertz CT molecular complexity index is 1340. The Labute approximate surface area is 233 Å². The number of rotatable bonds is 12. The summed E-state index contributed by atoms with van der Waals surface area (Å²) < 4.78 is 22.4. The van der Waals surface area contributed by atoms with Gasteiger partial charge in [-0.1, -0.05) is 48.5 Å². The van der Waals surface area contributed by atoms with Gasteiger partial charge in [0.15, 0.2) is 11.4 Å². The van der Waals surface area contributed by atoms with Crippen LogP contribution in [0.2, 0.25) is 0 Å². The molecule has 210 valence electrons. The second kappa shape index (κ2) is 13.2. The maximum absolute atomic E-state index is 13.1. The summed E-state index contributed by atoms with van der Waals surface area (Å²) in [4.78, 5) is 41.6. The molecular formula is C31H34N2O7. The molecule has 1 heterocycles. The minimum absolute atomic E-state index is 0.129. The van der Waals surface area contributed by atoms with Crippen LogP contribution in [-0.4, -0.2) is 48.7 Å². The molecule has 4 rings (SSSR count). The fourth-order valence-corrected chi connectivity index (χ4v) is 4.22. The van der Waals surface area contributed by atoms with Crippen LogP contribution >= 0.6 is 0 Å². The van der Waals surface area contributed by atoms with Gasteiger partial charge in [0.05, 0.1) is 13.7 Å². The highest BCUT2D eigenvalue weighted by Gasteiger charge is 2.31. The van der Waals surface area contributed by atoms with E-state index in [2.05, 4.69) is 10.3 Å². The summed E-state index contributed by atoms with van der Waals surface area (Å²) in [5.74, 6) is -1.46. The molecule has 40 heavy (non-hydrogen) atoms. The van der Waals surface area contributed by atoms with Crippen molar-refractivity contribution in [1.29, 1.82) is 0 Å². The van der Waals surface area contributed by atoms with Gasteiger partial charge in [0.25, 0.3) is 5.91 Å². The van der Waals surface area contributed by atoms with Crippen LogP contribution in [0, 0.1) is 5.92 Å². The van der Waals surface area contributed by atoms with Crippen LogP contribution in [0.4, 0.5) is 0 Å². The van der Waals surface area contributed by atoms with E-state index in [1.807, 2.05) is 54.6 Å². The Morgan fingerprint density at radius 1 is 1.00 bits per heavy atom. The van der Waals surface area contributed by atoms with E-state index in [-0.39, 0.29) is 17.2 Å². The van der Waals surface area contributed by atoms with Gasteiger partial charge in [0.2, 0.25) is 5.75 Å². The lowest BCUT2D eigenvalue weighted by Gasteiger charge is -2.26. The zero-order chi connectivity index (χ0) is 28.6. The van der Waals surface area contributed by atoms with Crippen molar-refractivity contribution in [3.63, 3.8) is 0 Å².